The molecule has 1 N–H and O–H groups in total. The predicted molar refractivity (Wildman–Crippen MR) is 113 cm³/mol. The standard InChI is InChI=1S/C25H19NO4.Na/c27-22(28)16-30-21-14-8-7-13-19(21)15-20-23(17-9-3-1-4-10-17)24(25(29)26-20)18-11-5-2-6-12-18;/h1-15H,16H2,(H,26,29)(H,27,28);/q;+1/p-1/b20-15-;. The zero-order valence-corrected chi connectivity index (χ0v) is 19.0. The summed E-state index contributed by atoms with van der Waals surface area (Å²) in [5.74, 6) is -1.11. The first-order valence-corrected chi connectivity index (χ1v) is 9.43. The number of benzene rings is 3. The van der Waals surface area contributed by atoms with Gasteiger partial charge in [-0.3, -0.25) is 4.79 Å². The van der Waals surface area contributed by atoms with Gasteiger partial charge < -0.3 is 20.0 Å². The monoisotopic (exact) mass is 419 g/mol. The van der Waals surface area contributed by atoms with Crippen molar-refractivity contribution in [2.45, 2.75) is 0 Å². The largest absolute Gasteiger partial charge is 1.00 e. The number of aliphatic carboxylic acids is 1. The molecule has 6 heteroatoms. The Kier molecular flexibility index (Phi) is 7.47. The van der Waals surface area contributed by atoms with Gasteiger partial charge in [0.15, 0.2) is 0 Å². The Morgan fingerprint density at radius 3 is 2.00 bits per heavy atom. The summed E-state index contributed by atoms with van der Waals surface area (Å²) in [7, 11) is 0. The van der Waals surface area contributed by atoms with Crippen LogP contribution in [0.1, 0.15) is 16.7 Å². The third kappa shape index (κ3) is 5.14. The van der Waals surface area contributed by atoms with Gasteiger partial charge in [-0.2, -0.15) is 0 Å². The molecule has 0 aromatic heterocycles. The number of hydrogen-bond acceptors (Lipinski definition) is 4. The summed E-state index contributed by atoms with van der Waals surface area (Å²) in [5, 5.41) is 13.7. The van der Waals surface area contributed by atoms with E-state index in [2.05, 4.69) is 5.32 Å². The summed E-state index contributed by atoms with van der Waals surface area (Å²) in [6.45, 7) is -0.552. The summed E-state index contributed by atoms with van der Waals surface area (Å²) >= 11 is 0. The molecule has 0 saturated carbocycles. The maximum atomic E-state index is 12.9. The van der Waals surface area contributed by atoms with Crippen molar-refractivity contribution >= 4 is 29.1 Å². The zero-order valence-electron chi connectivity index (χ0n) is 17.0. The van der Waals surface area contributed by atoms with Gasteiger partial charge >= 0.3 is 29.6 Å². The van der Waals surface area contributed by atoms with E-state index in [1.807, 2.05) is 66.7 Å². The van der Waals surface area contributed by atoms with Crippen molar-refractivity contribution in [3.8, 4) is 5.75 Å². The normalized spacial score (nSPS) is 14.2. The Hall–Kier alpha value is -3.12. The third-order valence-corrected chi connectivity index (χ3v) is 4.68. The van der Waals surface area contributed by atoms with Crippen LogP contribution in [0.25, 0.3) is 17.2 Å². The molecule has 0 atom stereocenters. The molecule has 0 saturated heterocycles. The van der Waals surface area contributed by atoms with Crippen molar-refractivity contribution in [1.82, 2.24) is 5.32 Å². The van der Waals surface area contributed by atoms with Crippen LogP contribution in [0.2, 0.25) is 0 Å². The van der Waals surface area contributed by atoms with Crippen LogP contribution in [0.4, 0.5) is 0 Å². The van der Waals surface area contributed by atoms with Crippen LogP contribution in [0.5, 0.6) is 5.75 Å². The molecular weight excluding hydrogens is 401 g/mol. The summed E-state index contributed by atoms with van der Waals surface area (Å²) in [4.78, 5) is 23.7. The Morgan fingerprint density at radius 1 is 0.839 bits per heavy atom. The van der Waals surface area contributed by atoms with E-state index in [0.717, 1.165) is 16.7 Å². The maximum Gasteiger partial charge on any atom is 1.00 e. The number of carbonyl (C=O) groups excluding carboxylic acids is 2. The van der Waals surface area contributed by atoms with E-state index in [9.17, 15) is 14.7 Å². The van der Waals surface area contributed by atoms with E-state index in [4.69, 9.17) is 4.74 Å². The number of carboxylic acid groups (broad SMARTS) is 1. The number of amides is 1. The van der Waals surface area contributed by atoms with E-state index >= 15 is 0 Å². The van der Waals surface area contributed by atoms with Crippen LogP contribution in [0.15, 0.2) is 90.6 Å². The topological polar surface area (TPSA) is 78.5 Å². The van der Waals surface area contributed by atoms with Crippen LogP contribution in [-0.4, -0.2) is 18.5 Å². The second kappa shape index (κ2) is 10.3. The fraction of sp³-hybridized carbons (Fsp3) is 0.0400. The molecule has 4 rings (SSSR count). The van der Waals surface area contributed by atoms with E-state index in [1.165, 1.54) is 0 Å². The van der Waals surface area contributed by atoms with Crippen LogP contribution < -0.4 is 44.7 Å². The molecule has 1 amide bonds. The van der Waals surface area contributed by atoms with E-state index in [0.29, 0.717) is 22.6 Å². The van der Waals surface area contributed by atoms with Gasteiger partial charge in [0, 0.05) is 11.1 Å². The number of hydrogen-bond donors (Lipinski definition) is 1. The van der Waals surface area contributed by atoms with Gasteiger partial charge in [-0.15, -0.1) is 0 Å². The average molecular weight is 419 g/mol. The fourth-order valence-corrected chi connectivity index (χ4v) is 3.41. The predicted octanol–water partition coefficient (Wildman–Crippen LogP) is -0.0990. The van der Waals surface area contributed by atoms with Crippen molar-refractivity contribution in [1.29, 1.82) is 0 Å². The number of rotatable bonds is 6. The van der Waals surface area contributed by atoms with Crippen LogP contribution >= 0.6 is 0 Å². The molecule has 1 aliphatic rings. The number of para-hydroxylation sites is 1. The maximum absolute atomic E-state index is 12.9. The molecule has 3 aromatic carbocycles. The summed E-state index contributed by atoms with van der Waals surface area (Å²) in [5.41, 5.74) is 4.35. The van der Waals surface area contributed by atoms with Gasteiger partial charge in [0.25, 0.3) is 5.91 Å². The first-order chi connectivity index (χ1) is 14.6. The summed E-state index contributed by atoms with van der Waals surface area (Å²) in [6.07, 6.45) is 1.79. The third-order valence-electron chi connectivity index (χ3n) is 4.68. The van der Waals surface area contributed by atoms with E-state index in [1.54, 1.807) is 24.3 Å². The van der Waals surface area contributed by atoms with Crippen molar-refractivity contribution in [2.75, 3.05) is 6.61 Å². The molecule has 1 heterocycles. The molecule has 0 unspecified atom stereocenters. The first-order valence-electron chi connectivity index (χ1n) is 9.43. The van der Waals surface area contributed by atoms with Gasteiger partial charge in [0.2, 0.25) is 0 Å². The molecule has 5 nitrogen and oxygen atoms in total. The van der Waals surface area contributed by atoms with Crippen LogP contribution in [0, 0.1) is 0 Å². The minimum absolute atomic E-state index is 0. The molecule has 3 aromatic rings. The molecule has 148 valence electrons. The Bertz CT molecular complexity index is 1150. The number of nitrogens with one attached hydrogen (secondary N) is 1. The molecule has 0 spiro atoms. The summed E-state index contributed by atoms with van der Waals surface area (Å²) in [6, 6.07) is 26.2. The Morgan fingerprint density at radius 2 is 1.39 bits per heavy atom. The van der Waals surface area contributed by atoms with E-state index in [-0.39, 0.29) is 35.5 Å². The molecule has 0 radical (unpaired) electrons. The minimum atomic E-state index is -1.30. The van der Waals surface area contributed by atoms with Crippen molar-refractivity contribution in [2.24, 2.45) is 0 Å². The van der Waals surface area contributed by atoms with Gasteiger partial charge in [-0.05, 0) is 23.3 Å². The van der Waals surface area contributed by atoms with E-state index < -0.39 is 12.6 Å². The molecule has 0 aliphatic carbocycles. The van der Waals surface area contributed by atoms with Gasteiger partial charge in [0.1, 0.15) is 12.4 Å². The molecule has 1 aliphatic heterocycles. The van der Waals surface area contributed by atoms with Crippen molar-refractivity contribution in [3.63, 3.8) is 0 Å². The van der Waals surface area contributed by atoms with Crippen molar-refractivity contribution < 1.29 is 49.0 Å². The van der Waals surface area contributed by atoms with Gasteiger partial charge in [0.05, 0.1) is 17.2 Å². The number of allylic oxidation sites excluding steroid dienone is 1. The fourth-order valence-electron chi connectivity index (χ4n) is 3.41. The van der Waals surface area contributed by atoms with Crippen molar-refractivity contribution in [3.05, 3.63) is 107 Å². The number of ether oxygens (including phenoxy) is 1. The Balaban J connectivity index is 0.00000272. The quantitative estimate of drug-likeness (QED) is 0.566. The number of carboxylic acids is 1. The van der Waals surface area contributed by atoms with Crippen LogP contribution in [0.3, 0.4) is 0 Å². The van der Waals surface area contributed by atoms with Crippen LogP contribution in [-0.2, 0) is 9.59 Å². The molecule has 0 fully saturated rings. The average Bonchev–Trinajstić information content (AvgIpc) is 3.10. The van der Waals surface area contributed by atoms with Gasteiger partial charge in [-0.25, -0.2) is 0 Å². The Labute approximate surface area is 202 Å². The minimum Gasteiger partial charge on any atom is -0.546 e. The second-order valence-corrected chi connectivity index (χ2v) is 6.69. The smallest absolute Gasteiger partial charge is 0.546 e. The second-order valence-electron chi connectivity index (χ2n) is 6.69. The molecule has 31 heavy (non-hydrogen) atoms. The first kappa shape index (κ1) is 22.6. The number of carbonyl (C=O) groups is 2. The molecule has 0 bridgehead atoms. The SMILES string of the molecule is O=C([O-])COc1ccccc1/C=C1\NC(=O)C(c2ccccc2)=C1c1ccccc1.[Na+]. The summed E-state index contributed by atoms with van der Waals surface area (Å²) < 4.78 is 5.35. The molecular formula is C25H18NNaO4. The van der Waals surface area contributed by atoms with Gasteiger partial charge in [-0.1, -0.05) is 78.9 Å². The zero-order chi connectivity index (χ0) is 20.9.